The molecule has 13 rings (SSSR count). The summed E-state index contributed by atoms with van der Waals surface area (Å²) in [4.78, 5) is 0. The number of nitrogens with zero attached hydrogens (tertiary/aromatic N) is 4. The van der Waals surface area contributed by atoms with Gasteiger partial charge in [-0.2, -0.15) is 10.2 Å². The van der Waals surface area contributed by atoms with Crippen LogP contribution < -0.4 is 32.3 Å². The van der Waals surface area contributed by atoms with Gasteiger partial charge in [0.25, 0.3) is 6.71 Å². The monoisotopic (exact) mass is 732 g/mol. The number of para-hydroxylation sites is 2. The summed E-state index contributed by atoms with van der Waals surface area (Å²) in [7, 11) is -3.80. The van der Waals surface area contributed by atoms with Gasteiger partial charge in [-0.3, -0.25) is 0 Å². The van der Waals surface area contributed by atoms with E-state index in [0.29, 0.717) is 11.2 Å². The van der Waals surface area contributed by atoms with Crippen molar-refractivity contribution >= 4 is 112 Å². The molecule has 7 heterocycles. The normalized spacial score (nSPS) is 15.3. The molecule has 0 spiro atoms. The van der Waals surface area contributed by atoms with Crippen molar-refractivity contribution in [1.29, 1.82) is 0 Å². The van der Waals surface area contributed by atoms with Crippen LogP contribution in [-0.2, 0) is 15.4 Å². The molecule has 0 fully saturated rings. The summed E-state index contributed by atoms with van der Waals surface area (Å²) in [6.45, 7) is 13.1. The van der Waals surface area contributed by atoms with Gasteiger partial charge >= 0.3 is 0 Å². The molecule has 9 heteroatoms. The highest BCUT2D eigenvalue weighted by molar-refractivity contribution is 7.87. The zero-order chi connectivity index (χ0) is 37.1. The Hall–Kier alpha value is -5.85. The molecule has 6 aromatic carbocycles. The zero-order valence-corrected chi connectivity index (χ0v) is 32.2. The SMILES string of the molecule is CC(C)(C)c1nn2c3c4c(c5oc6ccccc6c5c13)P(=O)(c1ccccc1)c1c3c5c(c(C(C)(C)C)nn5-c5cccc-2c5B43)c2c1oc1ccccc12. The van der Waals surface area contributed by atoms with Gasteiger partial charge in [-0.1, -0.05) is 114 Å². The minimum Gasteiger partial charge on any atom is -0.455 e. The van der Waals surface area contributed by atoms with Crippen LogP contribution in [0.15, 0.2) is 106 Å². The summed E-state index contributed by atoms with van der Waals surface area (Å²) in [6.07, 6.45) is 0. The highest BCUT2D eigenvalue weighted by Crippen LogP contribution is 2.54. The van der Waals surface area contributed by atoms with E-state index in [0.717, 1.165) is 110 Å². The van der Waals surface area contributed by atoms with E-state index in [9.17, 15) is 0 Å². The lowest BCUT2D eigenvalue weighted by Gasteiger charge is -2.39. The fourth-order valence-corrected chi connectivity index (χ4v) is 13.8. The molecule has 0 saturated carbocycles. The zero-order valence-electron chi connectivity index (χ0n) is 31.3. The minimum atomic E-state index is -3.80. The van der Waals surface area contributed by atoms with Crippen LogP contribution in [0.2, 0.25) is 0 Å². The molecule has 0 radical (unpaired) electrons. The third kappa shape index (κ3) is 3.31. The van der Waals surface area contributed by atoms with E-state index in [2.05, 4.69) is 93.4 Å². The van der Waals surface area contributed by atoms with Gasteiger partial charge in [0.2, 0.25) is 0 Å². The van der Waals surface area contributed by atoms with Crippen LogP contribution >= 0.6 is 7.14 Å². The lowest BCUT2D eigenvalue weighted by molar-refractivity contribution is 0.565. The lowest BCUT2D eigenvalue weighted by atomic mass is 9.34. The van der Waals surface area contributed by atoms with Crippen molar-refractivity contribution in [3.05, 3.63) is 108 Å². The maximum Gasteiger partial charge on any atom is 0.254 e. The molecule has 3 aliphatic rings. The van der Waals surface area contributed by atoms with E-state index in [-0.39, 0.29) is 17.5 Å². The molecule has 55 heavy (non-hydrogen) atoms. The lowest BCUT2D eigenvalue weighted by Crippen LogP contribution is -2.70. The molecule has 7 nitrogen and oxygen atoms in total. The van der Waals surface area contributed by atoms with Crippen LogP contribution in [-0.4, -0.2) is 26.3 Å². The summed E-state index contributed by atoms with van der Waals surface area (Å²) in [5.41, 5.74) is 11.5. The molecule has 0 atom stereocenters. The van der Waals surface area contributed by atoms with Crippen molar-refractivity contribution in [2.24, 2.45) is 0 Å². The second kappa shape index (κ2) is 9.33. The number of furan rings is 2. The first-order valence-corrected chi connectivity index (χ1v) is 20.8. The van der Waals surface area contributed by atoms with Gasteiger partial charge in [-0.15, -0.1) is 0 Å². The Morgan fingerprint density at radius 2 is 1.00 bits per heavy atom. The Labute approximate surface area is 316 Å². The standard InChI is InChI=1S/C46H34BN4O3P/c1-45(2,3)43-32-30-24-17-10-12-21-28(24)53-39(30)41-35-37(32)50(48-43)26-19-14-20-27-34(26)47(35)36-38-33(44(46(4,5)6)49-51(27)38)31-25-18-11-13-22-29(25)54-40(31)42(36)55(41,52)23-15-8-7-9-16-23/h7-22H,1-6H3. The molecule has 0 N–H and O–H groups in total. The summed E-state index contributed by atoms with van der Waals surface area (Å²) < 4.78 is 36.1. The van der Waals surface area contributed by atoms with E-state index in [1.807, 2.05) is 54.6 Å². The van der Waals surface area contributed by atoms with E-state index in [1.54, 1.807) is 0 Å². The van der Waals surface area contributed by atoms with Gasteiger partial charge in [-0.25, -0.2) is 9.36 Å². The molecular formula is C46H34BN4O3P. The Bertz CT molecular complexity index is 3290. The fraction of sp³-hybridized carbons (Fsp3) is 0.174. The van der Waals surface area contributed by atoms with Gasteiger partial charge in [-0.05, 0) is 40.7 Å². The number of benzene rings is 6. The third-order valence-corrected chi connectivity index (χ3v) is 15.6. The maximum atomic E-state index is 17.6. The first-order chi connectivity index (χ1) is 26.5. The van der Waals surface area contributed by atoms with Crippen molar-refractivity contribution in [3.63, 3.8) is 0 Å². The predicted molar refractivity (Wildman–Crippen MR) is 225 cm³/mol. The van der Waals surface area contributed by atoms with E-state index < -0.39 is 7.14 Å². The second-order valence-corrected chi connectivity index (χ2v) is 20.3. The number of fused-ring (bicyclic) bond motifs is 12. The summed E-state index contributed by atoms with van der Waals surface area (Å²) in [5.74, 6) is 0. The topological polar surface area (TPSA) is 79.0 Å². The van der Waals surface area contributed by atoms with Gasteiger partial charge < -0.3 is 13.4 Å². The summed E-state index contributed by atoms with van der Waals surface area (Å²) in [5, 5.41) is 19.4. The molecule has 0 unspecified atom stereocenters. The molecule has 0 aliphatic carbocycles. The Kier molecular flexibility index (Phi) is 5.17. The molecule has 0 saturated heterocycles. The fourth-order valence-electron chi connectivity index (χ4n) is 10.4. The van der Waals surface area contributed by atoms with Crippen LogP contribution in [0.4, 0.5) is 0 Å². The predicted octanol–water partition coefficient (Wildman–Crippen LogP) is 7.85. The molecular weight excluding hydrogens is 698 g/mol. The van der Waals surface area contributed by atoms with Crippen molar-refractivity contribution in [2.45, 2.75) is 52.4 Å². The van der Waals surface area contributed by atoms with Crippen LogP contribution in [0.5, 0.6) is 0 Å². The maximum absolute atomic E-state index is 17.6. The van der Waals surface area contributed by atoms with E-state index in [4.69, 9.17) is 19.0 Å². The van der Waals surface area contributed by atoms with Crippen LogP contribution in [0.3, 0.4) is 0 Å². The molecule has 264 valence electrons. The van der Waals surface area contributed by atoms with Gasteiger partial charge in [0.1, 0.15) is 22.3 Å². The number of hydrogen-bond donors (Lipinski definition) is 0. The van der Waals surface area contributed by atoms with Crippen molar-refractivity contribution < 1.29 is 13.4 Å². The minimum absolute atomic E-state index is 0.267. The Morgan fingerprint density at radius 3 is 1.47 bits per heavy atom. The van der Waals surface area contributed by atoms with Crippen LogP contribution in [0.1, 0.15) is 52.9 Å². The highest BCUT2D eigenvalue weighted by Gasteiger charge is 2.56. The largest absolute Gasteiger partial charge is 0.455 e. The summed E-state index contributed by atoms with van der Waals surface area (Å²) in [6, 6.07) is 33.0. The average Bonchev–Trinajstić information content (AvgIpc) is 3.95. The molecule has 0 bridgehead atoms. The first-order valence-electron chi connectivity index (χ1n) is 19.1. The smallest absolute Gasteiger partial charge is 0.254 e. The van der Waals surface area contributed by atoms with E-state index >= 15 is 4.57 Å². The number of rotatable bonds is 1. The van der Waals surface area contributed by atoms with Crippen molar-refractivity contribution in [2.75, 3.05) is 0 Å². The van der Waals surface area contributed by atoms with Crippen molar-refractivity contribution in [1.82, 2.24) is 19.6 Å². The van der Waals surface area contributed by atoms with E-state index in [1.165, 1.54) is 0 Å². The summed E-state index contributed by atoms with van der Waals surface area (Å²) >= 11 is 0. The Morgan fingerprint density at radius 1 is 0.545 bits per heavy atom. The molecule has 0 amide bonds. The average molecular weight is 733 g/mol. The van der Waals surface area contributed by atoms with Gasteiger partial charge in [0.05, 0.1) is 44.4 Å². The van der Waals surface area contributed by atoms with Crippen LogP contribution in [0.25, 0.3) is 77.1 Å². The molecule has 10 aromatic rings. The molecule has 3 aliphatic heterocycles. The Balaban J connectivity index is 1.40. The molecule has 4 aromatic heterocycles. The first kappa shape index (κ1) is 30.5. The third-order valence-electron chi connectivity index (χ3n) is 12.5. The van der Waals surface area contributed by atoms with Crippen LogP contribution in [0, 0.1) is 0 Å². The quantitative estimate of drug-likeness (QED) is 0.127. The van der Waals surface area contributed by atoms with Gasteiger partial charge in [0.15, 0.2) is 7.14 Å². The highest BCUT2D eigenvalue weighted by atomic mass is 31.2. The second-order valence-electron chi connectivity index (χ2n) is 17.7. The van der Waals surface area contributed by atoms with Gasteiger partial charge in [0, 0.05) is 48.5 Å². The number of hydrogen-bond acceptors (Lipinski definition) is 5. The van der Waals surface area contributed by atoms with Crippen molar-refractivity contribution in [3.8, 4) is 11.4 Å². The number of aromatic nitrogens is 4.